The summed E-state index contributed by atoms with van der Waals surface area (Å²) in [7, 11) is 1.30. The molecule has 7 heteroatoms. The minimum atomic E-state index is -0.446. The Morgan fingerprint density at radius 3 is 2.56 bits per heavy atom. The van der Waals surface area contributed by atoms with Crippen molar-refractivity contribution in [2.45, 2.75) is 0 Å². The molecule has 7 nitrogen and oxygen atoms in total. The van der Waals surface area contributed by atoms with E-state index in [-0.39, 0.29) is 25.0 Å². The van der Waals surface area contributed by atoms with Crippen molar-refractivity contribution >= 4 is 29.2 Å². The summed E-state index contributed by atoms with van der Waals surface area (Å²) >= 11 is 0. The number of nitrogens with one attached hydrogen (secondary N) is 1. The van der Waals surface area contributed by atoms with Gasteiger partial charge < -0.3 is 14.8 Å². The molecule has 0 radical (unpaired) electrons. The number of para-hydroxylation sites is 2. The van der Waals surface area contributed by atoms with Crippen LogP contribution in [0.25, 0.3) is 0 Å². The molecule has 1 N–H and O–H groups in total. The van der Waals surface area contributed by atoms with E-state index < -0.39 is 5.97 Å². The molecule has 25 heavy (non-hydrogen) atoms. The number of amides is 2. The van der Waals surface area contributed by atoms with Gasteiger partial charge in [0, 0.05) is 0 Å². The van der Waals surface area contributed by atoms with Gasteiger partial charge in [-0.15, -0.1) is 0 Å². The third-order valence-corrected chi connectivity index (χ3v) is 3.71. The highest BCUT2D eigenvalue weighted by molar-refractivity contribution is 6.10. The highest BCUT2D eigenvalue weighted by Gasteiger charge is 2.26. The lowest BCUT2D eigenvalue weighted by Crippen LogP contribution is -2.44. The molecular formula is C18H16N2O5. The van der Waals surface area contributed by atoms with Crippen LogP contribution in [-0.4, -0.2) is 38.0 Å². The van der Waals surface area contributed by atoms with Crippen LogP contribution in [0.5, 0.6) is 5.75 Å². The summed E-state index contributed by atoms with van der Waals surface area (Å²) < 4.78 is 10.1. The summed E-state index contributed by atoms with van der Waals surface area (Å²) in [6.45, 7) is -0.278. The van der Waals surface area contributed by atoms with Gasteiger partial charge in [-0.1, -0.05) is 12.1 Å². The first kappa shape index (κ1) is 16.5. The Bertz CT molecular complexity index is 816. The van der Waals surface area contributed by atoms with Crippen molar-refractivity contribution in [3.63, 3.8) is 0 Å². The van der Waals surface area contributed by atoms with Gasteiger partial charge in [0.1, 0.15) is 12.3 Å². The van der Waals surface area contributed by atoms with E-state index in [0.29, 0.717) is 22.7 Å². The van der Waals surface area contributed by atoms with Gasteiger partial charge in [0.15, 0.2) is 6.61 Å². The number of fused-ring (bicyclic) bond motifs is 1. The average molecular weight is 340 g/mol. The quantitative estimate of drug-likeness (QED) is 0.859. The number of ether oxygens (including phenoxy) is 2. The molecule has 0 aliphatic carbocycles. The predicted molar refractivity (Wildman–Crippen MR) is 90.7 cm³/mol. The lowest BCUT2D eigenvalue weighted by molar-refractivity contribution is -0.123. The van der Waals surface area contributed by atoms with Crippen LogP contribution in [0.4, 0.5) is 11.4 Å². The highest BCUT2D eigenvalue weighted by Crippen LogP contribution is 2.28. The Balaban J connectivity index is 1.67. The molecule has 0 saturated heterocycles. The molecule has 1 aliphatic rings. The molecule has 2 amide bonds. The normalized spacial score (nSPS) is 12.8. The summed E-state index contributed by atoms with van der Waals surface area (Å²) in [5, 5.41) is 2.72. The molecule has 1 heterocycles. The molecule has 3 rings (SSSR count). The Morgan fingerprint density at radius 1 is 1.12 bits per heavy atom. The maximum atomic E-state index is 12.4. The maximum absolute atomic E-state index is 12.4. The van der Waals surface area contributed by atoms with Gasteiger partial charge in [-0.05, 0) is 36.4 Å². The van der Waals surface area contributed by atoms with Gasteiger partial charge in [0.25, 0.3) is 5.91 Å². The smallest absolute Gasteiger partial charge is 0.337 e. The van der Waals surface area contributed by atoms with E-state index in [9.17, 15) is 14.4 Å². The predicted octanol–water partition coefficient (Wildman–Crippen LogP) is 1.84. The third kappa shape index (κ3) is 3.60. The summed E-state index contributed by atoms with van der Waals surface area (Å²) in [6.07, 6.45) is 0. The number of hydrogen-bond donors (Lipinski definition) is 1. The van der Waals surface area contributed by atoms with Crippen molar-refractivity contribution in [2.24, 2.45) is 0 Å². The SMILES string of the molecule is COC(=O)c1ccc(OCC(=O)N2CC(=O)Nc3ccccc32)cc1. The van der Waals surface area contributed by atoms with E-state index in [1.165, 1.54) is 12.0 Å². The van der Waals surface area contributed by atoms with Crippen LogP contribution in [0.3, 0.4) is 0 Å². The van der Waals surface area contributed by atoms with Crippen molar-refractivity contribution in [1.82, 2.24) is 0 Å². The monoisotopic (exact) mass is 340 g/mol. The molecule has 0 fully saturated rings. The lowest BCUT2D eigenvalue weighted by Gasteiger charge is -2.29. The fourth-order valence-electron chi connectivity index (χ4n) is 2.48. The summed E-state index contributed by atoms with van der Waals surface area (Å²) in [6, 6.07) is 13.3. The largest absolute Gasteiger partial charge is 0.484 e. The van der Waals surface area contributed by atoms with Crippen LogP contribution in [0.1, 0.15) is 10.4 Å². The second kappa shape index (κ2) is 7.04. The fraction of sp³-hybridized carbons (Fsp3) is 0.167. The number of hydrogen-bond acceptors (Lipinski definition) is 5. The summed E-state index contributed by atoms with van der Waals surface area (Å²) in [5.41, 5.74) is 1.62. The van der Waals surface area contributed by atoms with Gasteiger partial charge in [-0.3, -0.25) is 14.5 Å². The number of carbonyl (C=O) groups excluding carboxylic acids is 3. The first-order valence-corrected chi connectivity index (χ1v) is 7.59. The van der Waals surface area contributed by atoms with E-state index in [0.717, 1.165) is 0 Å². The first-order chi connectivity index (χ1) is 12.1. The molecule has 128 valence electrons. The molecular weight excluding hydrogens is 324 g/mol. The molecule has 0 spiro atoms. The van der Waals surface area contributed by atoms with E-state index >= 15 is 0 Å². The summed E-state index contributed by atoms with van der Waals surface area (Å²) in [5.74, 6) is -0.594. The fourth-order valence-corrected chi connectivity index (χ4v) is 2.48. The van der Waals surface area contributed by atoms with Crippen LogP contribution in [0.2, 0.25) is 0 Å². The Hall–Kier alpha value is -3.35. The van der Waals surface area contributed by atoms with Crippen LogP contribution in [-0.2, 0) is 14.3 Å². The van der Waals surface area contributed by atoms with Gasteiger partial charge in [-0.2, -0.15) is 0 Å². The van der Waals surface area contributed by atoms with Crippen molar-refractivity contribution in [1.29, 1.82) is 0 Å². The number of carbonyl (C=O) groups is 3. The number of nitrogens with zero attached hydrogens (tertiary/aromatic N) is 1. The van der Waals surface area contributed by atoms with E-state index in [1.54, 1.807) is 48.5 Å². The highest BCUT2D eigenvalue weighted by atomic mass is 16.5. The van der Waals surface area contributed by atoms with Crippen molar-refractivity contribution in [2.75, 3.05) is 30.5 Å². The number of methoxy groups -OCH3 is 1. The van der Waals surface area contributed by atoms with Crippen LogP contribution < -0.4 is 15.0 Å². The average Bonchev–Trinajstić information content (AvgIpc) is 2.65. The number of anilines is 2. The molecule has 0 saturated carbocycles. The second-order valence-corrected chi connectivity index (χ2v) is 5.35. The number of esters is 1. The Kier molecular flexibility index (Phi) is 4.65. The van der Waals surface area contributed by atoms with Crippen LogP contribution in [0, 0.1) is 0 Å². The number of benzene rings is 2. The van der Waals surface area contributed by atoms with E-state index in [2.05, 4.69) is 10.1 Å². The summed E-state index contributed by atoms with van der Waals surface area (Å²) in [4.78, 5) is 37.0. The van der Waals surface area contributed by atoms with Crippen LogP contribution >= 0.6 is 0 Å². The van der Waals surface area contributed by atoms with Gasteiger partial charge >= 0.3 is 5.97 Å². The third-order valence-electron chi connectivity index (χ3n) is 3.71. The van der Waals surface area contributed by atoms with Gasteiger partial charge in [-0.25, -0.2) is 4.79 Å². The van der Waals surface area contributed by atoms with Gasteiger partial charge in [0.05, 0.1) is 24.0 Å². The molecule has 0 bridgehead atoms. The topological polar surface area (TPSA) is 84.9 Å². The second-order valence-electron chi connectivity index (χ2n) is 5.35. The molecule has 0 unspecified atom stereocenters. The zero-order valence-corrected chi connectivity index (χ0v) is 13.5. The maximum Gasteiger partial charge on any atom is 0.337 e. The Morgan fingerprint density at radius 2 is 1.84 bits per heavy atom. The minimum absolute atomic E-state index is 0.0551. The van der Waals surface area contributed by atoms with Gasteiger partial charge in [0.2, 0.25) is 5.91 Å². The van der Waals surface area contributed by atoms with Crippen molar-refractivity contribution < 1.29 is 23.9 Å². The van der Waals surface area contributed by atoms with Crippen molar-refractivity contribution in [3.8, 4) is 5.75 Å². The number of rotatable bonds is 4. The zero-order chi connectivity index (χ0) is 17.8. The molecule has 0 atom stereocenters. The molecule has 0 aromatic heterocycles. The standard InChI is InChI=1S/C18H16N2O5/c1-24-18(23)12-6-8-13(9-7-12)25-11-17(22)20-10-16(21)19-14-4-2-3-5-15(14)20/h2-9H,10-11H2,1H3,(H,19,21). The van der Waals surface area contributed by atoms with Crippen molar-refractivity contribution in [3.05, 3.63) is 54.1 Å². The zero-order valence-electron chi connectivity index (χ0n) is 13.5. The lowest BCUT2D eigenvalue weighted by atomic mass is 10.2. The Labute approximate surface area is 144 Å². The minimum Gasteiger partial charge on any atom is -0.484 e. The van der Waals surface area contributed by atoms with E-state index in [4.69, 9.17) is 4.74 Å². The van der Waals surface area contributed by atoms with Crippen LogP contribution in [0.15, 0.2) is 48.5 Å². The van der Waals surface area contributed by atoms with E-state index in [1.807, 2.05) is 0 Å². The molecule has 2 aromatic carbocycles. The first-order valence-electron chi connectivity index (χ1n) is 7.59. The molecule has 1 aliphatic heterocycles. The molecule has 2 aromatic rings.